The van der Waals surface area contributed by atoms with Crippen LogP contribution in [-0.2, 0) is 6.42 Å². The molecule has 0 atom stereocenters. The molecule has 0 bridgehead atoms. The lowest BCUT2D eigenvalue weighted by Crippen LogP contribution is -1.83. The van der Waals surface area contributed by atoms with E-state index in [2.05, 4.69) is 11.1 Å². The van der Waals surface area contributed by atoms with E-state index < -0.39 is 0 Å². The van der Waals surface area contributed by atoms with Crippen molar-refractivity contribution in [3.63, 3.8) is 0 Å². The van der Waals surface area contributed by atoms with Gasteiger partial charge in [0, 0.05) is 16.8 Å². The molecule has 4 heteroatoms. The predicted octanol–water partition coefficient (Wildman–Crippen LogP) is 3.86. The summed E-state index contributed by atoms with van der Waals surface area (Å²) in [5, 5.41) is 18.8. The molecule has 0 spiro atoms. The van der Waals surface area contributed by atoms with Gasteiger partial charge in [0.2, 0.25) is 0 Å². The quantitative estimate of drug-likeness (QED) is 0.861. The third kappa shape index (κ3) is 3.57. The fraction of sp³-hybridized carbons (Fsp3) is 0.0667. The van der Waals surface area contributed by atoms with Gasteiger partial charge in [0.15, 0.2) is 0 Å². The molecule has 0 aliphatic heterocycles. The molecule has 0 saturated carbocycles. The van der Waals surface area contributed by atoms with Crippen LogP contribution in [0.15, 0.2) is 47.5 Å². The number of rotatable bonds is 3. The van der Waals surface area contributed by atoms with Crippen molar-refractivity contribution in [3.05, 3.63) is 58.6 Å². The van der Waals surface area contributed by atoms with Gasteiger partial charge in [0.25, 0.3) is 0 Å². The highest BCUT2D eigenvalue weighted by atomic mass is 35.5. The monoisotopic (exact) mass is 270 g/mol. The highest BCUT2D eigenvalue weighted by Crippen LogP contribution is 2.21. The largest absolute Gasteiger partial charge is 0.507 e. The van der Waals surface area contributed by atoms with Gasteiger partial charge in [-0.2, -0.15) is 5.26 Å². The van der Waals surface area contributed by atoms with E-state index in [0.717, 1.165) is 11.3 Å². The van der Waals surface area contributed by atoms with Gasteiger partial charge in [-0.3, -0.25) is 4.99 Å². The molecule has 0 radical (unpaired) electrons. The van der Waals surface area contributed by atoms with Crippen molar-refractivity contribution in [2.45, 2.75) is 6.42 Å². The average molecular weight is 271 g/mol. The van der Waals surface area contributed by atoms with Crippen molar-refractivity contribution in [2.75, 3.05) is 0 Å². The van der Waals surface area contributed by atoms with Crippen LogP contribution in [-0.4, -0.2) is 11.3 Å². The summed E-state index contributed by atoms with van der Waals surface area (Å²) in [5.41, 5.74) is 2.27. The number of hydrogen-bond donors (Lipinski definition) is 1. The Morgan fingerprint density at radius 3 is 2.63 bits per heavy atom. The molecule has 0 aliphatic carbocycles. The number of phenolic OH excluding ortho intramolecular Hbond substituents is 1. The Morgan fingerprint density at radius 2 is 1.95 bits per heavy atom. The van der Waals surface area contributed by atoms with Crippen LogP contribution in [0, 0.1) is 11.3 Å². The first-order chi connectivity index (χ1) is 9.19. The summed E-state index contributed by atoms with van der Waals surface area (Å²) in [6, 6.07) is 14.2. The second-order valence-electron chi connectivity index (χ2n) is 3.96. The van der Waals surface area contributed by atoms with Crippen molar-refractivity contribution in [3.8, 4) is 11.8 Å². The molecule has 0 aliphatic rings. The lowest BCUT2D eigenvalue weighted by atomic mass is 10.1. The summed E-state index contributed by atoms with van der Waals surface area (Å²) in [5.74, 6) is 0.134. The number of nitrogens with zero attached hydrogens (tertiary/aromatic N) is 2. The van der Waals surface area contributed by atoms with Crippen LogP contribution in [0.4, 0.5) is 5.69 Å². The smallest absolute Gasteiger partial charge is 0.124 e. The number of halogens is 1. The topological polar surface area (TPSA) is 56.4 Å². The Balaban J connectivity index is 2.18. The molecule has 3 nitrogen and oxygen atoms in total. The summed E-state index contributed by atoms with van der Waals surface area (Å²) in [4.78, 5) is 4.25. The molecule has 0 unspecified atom stereocenters. The highest BCUT2D eigenvalue weighted by Gasteiger charge is 1.99. The number of nitriles is 1. The molecule has 19 heavy (non-hydrogen) atoms. The van der Waals surface area contributed by atoms with E-state index in [1.54, 1.807) is 18.3 Å². The molecular weight excluding hydrogens is 260 g/mol. The van der Waals surface area contributed by atoms with Gasteiger partial charge in [0.1, 0.15) is 5.75 Å². The molecule has 0 aromatic heterocycles. The minimum Gasteiger partial charge on any atom is -0.507 e. The Labute approximate surface area is 116 Å². The van der Waals surface area contributed by atoms with E-state index in [4.69, 9.17) is 16.9 Å². The van der Waals surface area contributed by atoms with Crippen molar-refractivity contribution < 1.29 is 5.11 Å². The lowest BCUT2D eigenvalue weighted by molar-refractivity contribution is 0.474. The molecular formula is C15H11ClN2O. The number of phenols is 1. The van der Waals surface area contributed by atoms with Crippen LogP contribution in [0.1, 0.15) is 11.1 Å². The van der Waals surface area contributed by atoms with E-state index in [1.165, 1.54) is 6.07 Å². The van der Waals surface area contributed by atoms with Gasteiger partial charge in [-0.15, -0.1) is 0 Å². The van der Waals surface area contributed by atoms with Gasteiger partial charge in [-0.25, -0.2) is 0 Å². The van der Waals surface area contributed by atoms with Crippen LogP contribution in [0.3, 0.4) is 0 Å². The van der Waals surface area contributed by atoms with Crippen LogP contribution in [0.25, 0.3) is 0 Å². The van der Waals surface area contributed by atoms with Crippen molar-refractivity contribution in [2.24, 2.45) is 4.99 Å². The normalized spacial score (nSPS) is 10.5. The first-order valence-corrected chi connectivity index (χ1v) is 6.05. The first kappa shape index (κ1) is 13.1. The zero-order valence-electron chi connectivity index (χ0n) is 10.0. The van der Waals surface area contributed by atoms with E-state index in [0.29, 0.717) is 17.0 Å². The third-order valence-corrected chi connectivity index (χ3v) is 2.80. The zero-order valence-corrected chi connectivity index (χ0v) is 10.8. The second kappa shape index (κ2) is 6.03. The van der Waals surface area contributed by atoms with Gasteiger partial charge < -0.3 is 5.11 Å². The number of benzene rings is 2. The fourth-order valence-corrected chi connectivity index (χ4v) is 1.74. The van der Waals surface area contributed by atoms with Crippen LogP contribution < -0.4 is 0 Å². The number of aromatic hydroxyl groups is 1. The Kier molecular flexibility index (Phi) is 4.17. The van der Waals surface area contributed by atoms with E-state index in [-0.39, 0.29) is 5.75 Å². The minimum absolute atomic E-state index is 0.134. The highest BCUT2D eigenvalue weighted by molar-refractivity contribution is 6.30. The lowest BCUT2D eigenvalue weighted by Gasteiger charge is -1.99. The van der Waals surface area contributed by atoms with Crippen molar-refractivity contribution >= 4 is 23.5 Å². The van der Waals surface area contributed by atoms with Crippen LogP contribution in [0.5, 0.6) is 5.75 Å². The fourth-order valence-electron chi connectivity index (χ4n) is 1.56. The molecule has 2 aromatic carbocycles. The summed E-state index contributed by atoms with van der Waals surface area (Å²) < 4.78 is 0. The summed E-state index contributed by atoms with van der Waals surface area (Å²) >= 11 is 5.85. The van der Waals surface area contributed by atoms with Gasteiger partial charge in [-0.05, 0) is 35.9 Å². The standard InChI is InChI=1S/C15H11ClN2O/c16-13-3-6-15(19)12(9-13)10-18-14-4-1-11(2-5-14)7-8-17/h1-6,9-10,19H,7H2/b18-10+. The molecule has 0 saturated heterocycles. The minimum atomic E-state index is 0.134. The van der Waals surface area contributed by atoms with Crippen LogP contribution >= 0.6 is 11.6 Å². The van der Waals surface area contributed by atoms with Gasteiger partial charge in [0.05, 0.1) is 18.2 Å². The molecule has 0 amide bonds. The second-order valence-corrected chi connectivity index (χ2v) is 4.40. The Bertz CT molecular complexity index is 642. The zero-order chi connectivity index (χ0) is 13.7. The Morgan fingerprint density at radius 1 is 1.21 bits per heavy atom. The van der Waals surface area contributed by atoms with E-state index in [9.17, 15) is 5.11 Å². The van der Waals surface area contributed by atoms with Crippen LogP contribution in [0.2, 0.25) is 5.02 Å². The molecule has 0 fully saturated rings. The van der Waals surface area contributed by atoms with Crippen molar-refractivity contribution in [1.29, 1.82) is 5.26 Å². The van der Waals surface area contributed by atoms with Gasteiger partial charge >= 0.3 is 0 Å². The predicted molar refractivity (Wildman–Crippen MR) is 76.1 cm³/mol. The molecule has 2 rings (SSSR count). The third-order valence-electron chi connectivity index (χ3n) is 2.56. The van der Waals surface area contributed by atoms with E-state index in [1.807, 2.05) is 24.3 Å². The van der Waals surface area contributed by atoms with Crippen molar-refractivity contribution in [1.82, 2.24) is 0 Å². The summed E-state index contributed by atoms with van der Waals surface area (Å²) in [6.07, 6.45) is 1.94. The van der Waals surface area contributed by atoms with E-state index >= 15 is 0 Å². The maximum Gasteiger partial charge on any atom is 0.124 e. The van der Waals surface area contributed by atoms with Gasteiger partial charge in [-0.1, -0.05) is 23.7 Å². The molecule has 0 heterocycles. The summed E-state index contributed by atoms with van der Waals surface area (Å²) in [7, 11) is 0. The number of hydrogen-bond acceptors (Lipinski definition) is 3. The Hall–Kier alpha value is -2.31. The first-order valence-electron chi connectivity index (χ1n) is 5.67. The number of aliphatic imine (C=N–C) groups is 1. The molecule has 1 N–H and O–H groups in total. The molecule has 2 aromatic rings. The maximum absolute atomic E-state index is 9.64. The maximum atomic E-state index is 9.64. The SMILES string of the molecule is N#CCc1ccc(/N=C/c2cc(Cl)ccc2O)cc1. The average Bonchev–Trinajstić information content (AvgIpc) is 2.42. The molecule has 94 valence electrons. The summed E-state index contributed by atoms with van der Waals surface area (Å²) in [6.45, 7) is 0.